The Kier molecular flexibility index (Phi) is 6.09. The SMILES string of the molecule is Cc1ccccc1OCC(=O)N1CCC2(CCC(=O)N(CC3CCCO3)C2)CC1. The molecular weight excluding hydrogens is 368 g/mol. The van der Waals surface area contributed by atoms with Gasteiger partial charge in [0.05, 0.1) is 6.10 Å². The lowest BCUT2D eigenvalue weighted by Gasteiger charge is -2.47. The minimum absolute atomic E-state index is 0.0474. The minimum Gasteiger partial charge on any atom is -0.484 e. The number of rotatable bonds is 5. The summed E-state index contributed by atoms with van der Waals surface area (Å²) >= 11 is 0. The van der Waals surface area contributed by atoms with Crippen LogP contribution in [0.3, 0.4) is 0 Å². The van der Waals surface area contributed by atoms with Crippen molar-refractivity contribution in [2.45, 2.75) is 51.6 Å². The molecule has 0 aliphatic carbocycles. The monoisotopic (exact) mass is 400 g/mol. The quantitative estimate of drug-likeness (QED) is 0.763. The largest absolute Gasteiger partial charge is 0.484 e. The molecule has 0 bridgehead atoms. The van der Waals surface area contributed by atoms with Gasteiger partial charge in [0.2, 0.25) is 5.91 Å². The van der Waals surface area contributed by atoms with E-state index in [-0.39, 0.29) is 29.9 Å². The van der Waals surface area contributed by atoms with Crippen LogP contribution < -0.4 is 4.74 Å². The summed E-state index contributed by atoms with van der Waals surface area (Å²) in [4.78, 5) is 29.0. The molecule has 6 heteroatoms. The van der Waals surface area contributed by atoms with Crippen LogP contribution in [0.4, 0.5) is 0 Å². The van der Waals surface area contributed by atoms with Gasteiger partial charge < -0.3 is 19.3 Å². The topological polar surface area (TPSA) is 59.1 Å². The number of hydrogen-bond donors (Lipinski definition) is 0. The van der Waals surface area contributed by atoms with E-state index in [2.05, 4.69) is 0 Å². The number of benzene rings is 1. The fourth-order valence-electron chi connectivity index (χ4n) is 4.89. The number of ether oxygens (including phenoxy) is 2. The van der Waals surface area contributed by atoms with Gasteiger partial charge in [0, 0.05) is 39.2 Å². The van der Waals surface area contributed by atoms with Crippen LogP contribution in [0.5, 0.6) is 5.75 Å². The summed E-state index contributed by atoms with van der Waals surface area (Å²) in [7, 11) is 0. The number of nitrogens with zero attached hydrogens (tertiary/aromatic N) is 2. The second-order valence-electron chi connectivity index (χ2n) is 8.84. The Bertz CT molecular complexity index is 736. The molecule has 0 aromatic heterocycles. The highest BCUT2D eigenvalue weighted by molar-refractivity contribution is 5.78. The first-order valence-electron chi connectivity index (χ1n) is 10.9. The molecule has 1 aromatic rings. The van der Waals surface area contributed by atoms with Crippen molar-refractivity contribution < 1.29 is 19.1 Å². The van der Waals surface area contributed by atoms with Crippen LogP contribution in [0.15, 0.2) is 24.3 Å². The van der Waals surface area contributed by atoms with Crippen LogP contribution in [-0.4, -0.2) is 67.1 Å². The predicted octanol–water partition coefficient (Wildman–Crippen LogP) is 2.78. The Morgan fingerprint density at radius 3 is 2.76 bits per heavy atom. The summed E-state index contributed by atoms with van der Waals surface area (Å²) in [6, 6.07) is 7.77. The number of piperidine rings is 2. The molecule has 29 heavy (non-hydrogen) atoms. The van der Waals surface area contributed by atoms with Crippen LogP contribution >= 0.6 is 0 Å². The lowest BCUT2D eigenvalue weighted by molar-refractivity contribution is -0.144. The molecule has 3 fully saturated rings. The average Bonchev–Trinajstić information content (AvgIpc) is 3.24. The van der Waals surface area contributed by atoms with Gasteiger partial charge in [-0.15, -0.1) is 0 Å². The van der Waals surface area contributed by atoms with Crippen molar-refractivity contribution in [2.75, 3.05) is 39.4 Å². The molecule has 2 amide bonds. The zero-order chi connectivity index (χ0) is 20.3. The normalized spacial score (nSPS) is 24.2. The molecule has 0 N–H and O–H groups in total. The maximum atomic E-state index is 12.6. The van der Waals surface area contributed by atoms with Crippen LogP contribution in [0.1, 0.15) is 44.1 Å². The first-order chi connectivity index (χ1) is 14.0. The minimum atomic E-state index is 0.0474. The van der Waals surface area contributed by atoms with Crippen molar-refractivity contribution in [3.63, 3.8) is 0 Å². The van der Waals surface area contributed by atoms with Gasteiger partial charge in [0.15, 0.2) is 6.61 Å². The van der Waals surface area contributed by atoms with E-state index < -0.39 is 0 Å². The average molecular weight is 401 g/mol. The Labute approximate surface area is 173 Å². The van der Waals surface area contributed by atoms with E-state index in [1.807, 2.05) is 41.0 Å². The Balaban J connectivity index is 1.28. The van der Waals surface area contributed by atoms with Gasteiger partial charge in [-0.1, -0.05) is 18.2 Å². The standard InChI is InChI=1S/C23H32N2O4/c1-18-5-2-3-7-20(18)29-16-22(27)24-12-10-23(11-13-24)9-8-21(26)25(17-23)15-19-6-4-14-28-19/h2-3,5,7,19H,4,6,8-17H2,1H3. The highest BCUT2D eigenvalue weighted by Gasteiger charge is 2.42. The van der Waals surface area contributed by atoms with Crippen LogP contribution in [0.2, 0.25) is 0 Å². The zero-order valence-corrected chi connectivity index (χ0v) is 17.4. The van der Waals surface area contributed by atoms with Gasteiger partial charge >= 0.3 is 0 Å². The van der Waals surface area contributed by atoms with Crippen molar-refractivity contribution >= 4 is 11.8 Å². The molecule has 6 nitrogen and oxygen atoms in total. The predicted molar refractivity (Wildman–Crippen MR) is 110 cm³/mol. The third kappa shape index (κ3) is 4.74. The smallest absolute Gasteiger partial charge is 0.260 e. The number of likely N-dealkylation sites (tertiary alicyclic amines) is 2. The van der Waals surface area contributed by atoms with Crippen LogP contribution in [-0.2, 0) is 14.3 Å². The molecule has 1 aromatic carbocycles. The van der Waals surface area contributed by atoms with E-state index in [9.17, 15) is 9.59 Å². The molecule has 158 valence electrons. The Morgan fingerprint density at radius 2 is 2.03 bits per heavy atom. The Hall–Kier alpha value is -2.08. The van der Waals surface area contributed by atoms with Gasteiger partial charge in [-0.25, -0.2) is 0 Å². The molecule has 3 saturated heterocycles. The first kappa shape index (κ1) is 20.2. The summed E-state index contributed by atoms with van der Waals surface area (Å²) in [5, 5.41) is 0. The molecule has 4 rings (SSSR count). The van der Waals surface area contributed by atoms with Gasteiger partial charge in [-0.3, -0.25) is 9.59 Å². The maximum Gasteiger partial charge on any atom is 0.260 e. The van der Waals surface area contributed by atoms with E-state index in [1.165, 1.54) is 0 Å². The second-order valence-corrected chi connectivity index (χ2v) is 8.84. The van der Waals surface area contributed by atoms with Crippen molar-refractivity contribution in [2.24, 2.45) is 5.41 Å². The fraction of sp³-hybridized carbons (Fsp3) is 0.652. The van der Waals surface area contributed by atoms with Gasteiger partial charge in [0.1, 0.15) is 5.75 Å². The number of hydrogen-bond acceptors (Lipinski definition) is 4. The lowest BCUT2D eigenvalue weighted by atomic mass is 9.72. The molecule has 3 aliphatic heterocycles. The summed E-state index contributed by atoms with van der Waals surface area (Å²) in [5.41, 5.74) is 1.19. The van der Waals surface area contributed by atoms with Gasteiger partial charge in [-0.2, -0.15) is 0 Å². The highest BCUT2D eigenvalue weighted by Crippen LogP contribution is 2.40. The molecular formula is C23H32N2O4. The summed E-state index contributed by atoms with van der Waals surface area (Å²) in [5.74, 6) is 1.08. The highest BCUT2D eigenvalue weighted by atomic mass is 16.5. The van der Waals surface area contributed by atoms with E-state index in [1.54, 1.807) is 0 Å². The molecule has 1 spiro atoms. The number of carbonyl (C=O) groups excluding carboxylic acids is 2. The van der Waals surface area contributed by atoms with E-state index in [0.29, 0.717) is 6.42 Å². The van der Waals surface area contributed by atoms with Crippen LogP contribution in [0.25, 0.3) is 0 Å². The molecule has 3 aliphatic rings. The lowest BCUT2D eigenvalue weighted by Crippen LogP contribution is -2.54. The number of amides is 2. The van der Waals surface area contributed by atoms with Crippen molar-refractivity contribution in [1.29, 1.82) is 0 Å². The van der Waals surface area contributed by atoms with Crippen molar-refractivity contribution in [3.05, 3.63) is 29.8 Å². The fourth-order valence-corrected chi connectivity index (χ4v) is 4.89. The summed E-state index contributed by atoms with van der Waals surface area (Å²) < 4.78 is 11.5. The molecule has 0 radical (unpaired) electrons. The second kappa shape index (κ2) is 8.74. The van der Waals surface area contributed by atoms with Crippen molar-refractivity contribution in [3.8, 4) is 5.75 Å². The van der Waals surface area contributed by atoms with Crippen LogP contribution in [0, 0.1) is 12.3 Å². The molecule has 3 heterocycles. The molecule has 0 saturated carbocycles. The maximum absolute atomic E-state index is 12.6. The summed E-state index contributed by atoms with van der Waals surface area (Å²) in [6.45, 7) is 5.93. The van der Waals surface area contributed by atoms with E-state index in [0.717, 1.165) is 76.2 Å². The van der Waals surface area contributed by atoms with E-state index in [4.69, 9.17) is 9.47 Å². The summed E-state index contributed by atoms with van der Waals surface area (Å²) in [6.07, 6.45) is 5.83. The van der Waals surface area contributed by atoms with Gasteiger partial charge in [-0.05, 0) is 56.1 Å². The number of carbonyl (C=O) groups is 2. The van der Waals surface area contributed by atoms with E-state index >= 15 is 0 Å². The third-order valence-corrected chi connectivity index (χ3v) is 6.82. The molecule has 1 atom stereocenters. The first-order valence-corrected chi connectivity index (χ1v) is 10.9. The van der Waals surface area contributed by atoms with Crippen molar-refractivity contribution in [1.82, 2.24) is 9.80 Å². The Morgan fingerprint density at radius 1 is 1.24 bits per heavy atom. The van der Waals surface area contributed by atoms with Gasteiger partial charge in [0.25, 0.3) is 5.91 Å². The number of aryl methyl sites for hydroxylation is 1. The molecule has 1 unspecified atom stereocenters. The third-order valence-electron chi connectivity index (χ3n) is 6.82. The zero-order valence-electron chi connectivity index (χ0n) is 17.4. The number of para-hydroxylation sites is 1.